The average molecular weight is 354 g/mol. The Balaban J connectivity index is 2.99. The molecule has 24 heavy (non-hydrogen) atoms. The van der Waals surface area contributed by atoms with Crippen molar-refractivity contribution in [2.75, 3.05) is 25.5 Å². The Bertz CT molecular complexity index is 853. The summed E-state index contributed by atoms with van der Waals surface area (Å²) in [5, 5.41) is 22.1. The molecular weight excluding hydrogens is 334 g/mol. The molecule has 0 atom stereocenters. The van der Waals surface area contributed by atoms with Gasteiger partial charge in [0, 0.05) is 31.4 Å². The molecule has 0 heterocycles. The predicted octanol–water partition coefficient (Wildman–Crippen LogP) is 4.96. The maximum absolute atomic E-state index is 10.5. The summed E-state index contributed by atoms with van der Waals surface area (Å²) in [6.45, 7) is 2.56. The van der Waals surface area contributed by atoms with Gasteiger partial charge in [-0.3, -0.25) is 0 Å². The van der Waals surface area contributed by atoms with E-state index in [0.29, 0.717) is 17.6 Å². The second kappa shape index (κ2) is 6.69. The fourth-order valence-electron chi connectivity index (χ4n) is 2.38. The van der Waals surface area contributed by atoms with Crippen molar-refractivity contribution in [3.05, 3.63) is 18.2 Å². The number of rotatable bonds is 5. The molecule has 2 aromatic rings. The number of azo groups is 1. The fraction of sp³-hybridized carbons (Fsp3) is 0.286. The highest BCUT2D eigenvalue weighted by Crippen LogP contribution is 2.55. The minimum atomic E-state index is -4.19. The van der Waals surface area contributed by atoms with Crippen LogP contribution in [0.5, 0.6) is 5.75 Å². The van der Waals surface area contributed by atoms with Gasteiger partial charge in [-0.2, -0.15) is 15.3 Å². The molecule has 5 N–H and O–H groups in total. The third-order valence-corrected chi connectivity index (χ3v) is 4.57. The first-order valence-electron chi connectivity index (χ1n) is 7.40. The number of phenols is 1. The Hall–Kier alpha value is -2.27. The summed E-state index contributed by atoms with van der Waals surface area (Å²) < 4.78 is 36.2. The van der Waals surface area contributed by atoms with Crippen LogP contribution in [0.4, 0.5) is 17.1 Å². The van der Waals surface area contributed by atoms with Crippen molar-refractivity contribution in [3.8, 4) is 5.75 Å². The zero-order valence-corrected chi connectivity index (χ0v) is 14.2. The lowest BCUT2D eigenvalue weighted by atomic mass is 10.0. The summed E-state index contributed by atoms with van der Waals surface area (Å²) in [5.74, 6) is -0.390. The van der Waals surface area contributed by atoms with Crippen LogP contribution >= 0.6 is 10.9 Å². The van der Waals surface area contributed by atoms with E-state index >= 15 is 0 Å². The lowest BCUT2D eigenvalue weighted by molar-refractivity contribution is 0.375. The highest BCUT2D eigenvalue weighted by molar-refractivity contribution is 8.19. The SMILES string of the molecule is [2H]N=Nc1c(N(C)CC)ccc2c(O)c(N=NC)c(S(O)(O)O)cc12. The van der Waals surface area contributed by atoms with Crippen LogP contribution in [0.2, 0.25) is 1.41 Å². The number of anilines is 1. The van der Waals surface area contributed by atoms with Crippen molar-refractivity contribution in [2.45, 2.75) is 11.8 Å². The molecule has 2 rings (SSSR count). The van der Waals surface area contributed by atoms with Gasteiger partial charge in [0.1, 0.15) is 22.2 Å². The molecule has 0 unspecified atom stereocenters. The van der Waals surface area contributed by atoms with Crippen LogP contribution in [-0.2, 0) is 0 Å². The molecule has 2 aromatic carbocycles. The molecule has 10 heteroatoms. The summed E-state index contributed by atoms with van der Waals surface area (Å²) >= 11 is 0. The molecule has 0 aliphatic rings. The zero-order valence-electron chi connectivity index (χ0n) is 14.4. The van der Waals surface area contributed by atoms with E-state index in [9.17, 15) is 18.8 Å². The molecule has 0 aromatic heterocycles. The number of phenolic OH excluding ortho intramolecular Hbond substituents is 1. The standard InChI is InChI=1S/C14H19N5O4S/c1-4-19(3)10-6-5-8-9(12(10)17-15)7-11(24(21,22)23)13(14(8)20)18-16-2/h5-7,15,20-23H,4H2,1-3H3/i/hD. The van der Waals surface area contributed by atoms with Crippen molar-refractivity contribution in [3.63, 3.8) is 0 Å². The Kier molecular flexibility index (Phi) is 4.62. The van der Waals surface area contributed by atoms with Crippen LogP contribution in [0.25, 0.3) is 10.8 Å². The molecule has 0 spiro atoms. The summed E-state index contributed by atoms with van der Waals surface area (Å²) in [4.78, 5) is 1.46. The van der Waals surface area contributed by atoms with E-state index in [-0.39, 0.29) is 27.4 Å². The van der Waals surface area contributed by atoms with Crippen LogP contribution in [0.1, 0.15) is 6.92 Å². The second-order valence-corrected chi connectivity index (χ2v) is 6.51. The first-order valence-corrected chi connectivity index (χ1v) is 8.46. The van der Waals surface area contributed by atoms with Crippen molar-refractivity contribution in [1.82, 2.24) is 0 Å². The lowest BCUT2D eigenvalue weighted by Gasteiger charge is -2.24. The van der Waals surface area contributed by atoms with Crippen LogP contribution in [-0.4, -0.2) is 39.4 Å². The van der Waals surface area contributed by atoms with Gasteiger partial charge in [0.25, 0.3) is 0 Å². The van der Waals surface area contributed by atoms with Crippen LogP contribution in [0.3, 0.4) is 0 Å². The van der Waals surface area contributed by atoms with Crippen molar-refractivity contribution in [2.24, 2.45) is 15.3 Å². The number of hydrogen-bond acceptors (Lipinski definition) is 9. The monoisotopic (exact) mass is 354 g/mol. The van der Waals surface area contributed by atoms with Gasteiger partial charge in [0.15, 0.2) is 5.75 Å². The lowest BCUT2D eigenvalue weighted by Crippen LogP contribution is -2.15. The number of nitrogens with zero attached hydrogens (tertiary/aromatic N) is 4. The minimum absolute atomic E-state index is 0.247. The quantitative estimate of drug-likeness (QED) is 0.482. The predicted molar refractivity (Wildman–Crippen MR) is 93.5 cm³/mol. The molecule has 9 nitrogen and oxygen atoms in total. The number of hydrogen-bond donors (Lipinski definition) is 5. The summed E-state index contributed by atoms with van der Waals surface area (Å²) in [5.41, 5.74) is 3.68. The molecule has 0 bridgehead atoms. The molecule has 130 valence electrons. The number of fused-ring (bicyclic) bond motifs is 1. The van der Waals surface area contributed by atoms with Crippen molar-refractivity contribution >= 4 is 38.7 Å². The van der Waals surface area contributed by atoms with E-state index in [2.05, 4.69) is 20.9 Å². The van der Waals surface area contributed by atoms with Gasteiger partial charge in [-0.15, -0.1) is 0 Å². The van der Waals surface area contributed by atoms with Gasteiger partial charge in [-0.1, -0.05) is 0 Å². The van der Waals surface area contributed by atoms with E-state index in [4.69, 9.17) is 1.41 Å². The smallest absolute Gasteiger partial charge is 0.214 e. The molecule has 0 aliphatic heterocycles. The number of aromatic hydroxyl groups is 1. The van der Waals surface area contributed by atoms with Gasteiger partial charge < -0.3 is 23.7 Å². The largest absolute Gasteiger partial charge is 0.505 e. The van der Waals surface area contributed by atoms with E-state index < -0.39 is 10.9 Å². The van der Waals surface area contributed by atoms with Gasteiger partial charge >= 0.3 is 0 Å². The third-order valence-electron chi connectivity index (χ3n) is 3.66. The topological polar surface area (TPSA) is 145 Å². The van der Waals surface area contributed by atoms with Crippen LogP contribution in [0, 0.1) is 5.52 Å². The van der Waals surface area contributed by atoms with Gasteiger partial charge in [-0.25, -0.2) is 5.52 Å². The average Bonchev–Trinajstić information content (AvgIpc) is 2.56. The van der Waals surface area contributed by atoms with E-state index in [0.717, 1.165) is 0 Å². The molecule has 0 radical (unpaired) electrons. The Morgan fingerprint density at radius 2 is 1.96 bits per heavy atom. The summed E-state index contributed by atoms with van der Waals surface area (Å²) in [6.07, 6.45) is 0. The highest BCUT2D eigenvalue weighted by atomic mass is 32.3. The minimum Gasteiger partial charge on any atom is -0.505 e. The van der Waals surface area contributed by atoms with Crippen LogP contribution < -0.4 is 4.90 Å². The summed E-state index contributed by atoms with van der Waals surface area (Å²) in [7, 11) is -1.03. The Morgan fingerprint density at radius 1 is 1.25 bits per heavy atom. The highest BCUT2D eigenvalue weighted by Gasteiger charge is 2.26. The molecular formula is C14H19N5O4S. The van der Waals surface area contributed by atoms with Crippen molar-refractivity contribution in [1.29, 1.82) is 5.52 Å². The summed E-state index contributed by atoms with van der Waals surface area (Å²) in [6, 6.07) is 4.56. The maximum atomic E-state index is 10.5. The maximum Gasteiger partial charge on any atom is 0.214 e. The normalized spacial score (nSPS) is 13.8. The second-order valence-electron chi connectivity index (χ2n) is 5.03. The van der Waals surface area contributed by atoms with E-state index in [1.54, 1.807) is 12.1 Å². The molecule has 0 amide bonds. The molecule has 0 saturated carbocycles. The van der Waals surface area contributed by atoms with Gasteiger partial charge in [0.2, 0.25) is 1.41 Å². The fourth-order valence-corrected chi connectivity index (χ4v) is 3.05. The third kappa shape index (κ3) is 3.04. The molecule has 0 aliphatic carbocycles. The van der Waals surface area contributed by atoms with Gasteiger partial charge in [-0.05, 0) is 25.1 Å². The Labute approximate surface area is 141 Å². The number of nitrogens with one attached hydrogen (secondary N) is 1. The molecule has 0 saturated heterocycles. The number of benzene rings is 2. The van der Waals surface area contributed by atoms with Gasteiger partial charge in [0.05, 0.1) is 10.6 Å². The first-order chi connectivity index (χ1) is 11.8. The van der Waals surface area contributed by atoms with E-state index in [1.165, 1.54) is 13.1 Å². The first kappa shape index (κ1) is 16.6. The Morgan fingerprint density at radius 3 is 2.50 bits per heavy atom. The van der Waals surface area contributed by atoms with Crippen LogP contribution in [0.15, 0.2) is 38.4 Å². The van der Waals surface area contributed by atoms with Crippen molar-refractivity contribution < 1.29 is 20.2 Å². The van der Waals surface area contributed by atoms with E-state index in [1.807, 2.05) is 18.9 Å². The zero-order chi connectivity index (χ0) is 18.8. The molecule has 0 fully saturated rings.